The smallest absolute Gasteiger partial charge is 0.276 e. The minimum atomic E-state index is -0.371. The molecule has 1 amide bonds. The van der Waals surface area contributed by atoms with E-state index in [0.29, 0.717) is 22.8 Å². The number of methoxy groups -OCH3 is 1. The van der Waals surface area contributed by atoms with Crippen molar-refractivity contribution < 1.29 is 19.4 Å². The number of hydrogen-bond donors (Lipinski definition) is 3. The quantitative estimate of drug-likeness (QED) is 0.651. The molecule has 0 atom stereocenters. The first kappa shape index (κ1) is 20.2. The highest BCUT2D eigenvalue weighted by atomic mass is 16.5. The van der Waals surface area contributed by atoms with E-state index in [1.54, 1.807) is 12.1 Å². The Morgan fingerprint density at radius 2 is 1.70 bits per heavy atom. The highest BCUT2D eigenvalue weighted by Gasteiger charge is 2.13. The molecule has 0 heterocycles. The molecule has 2 rings (SSSR count). The van der Waals surface area contributed by atoms with E-state index in [2.05, 4.69) is 38.2 Å². The van der Waals surface area contributed by atoms with Gasteiger partial charge in [-0.1, -0.05) is 39.5 Å². The van der Waals surface area contributed by atoms with Crippen molar-refractivity contribution in [3.8, 4) is 17.2 Å². The molecular weight excluding hydrogens is 344 g/mol. The second-order valence-corrected chi connectivity index (χ2v) is 7.10. The van der Waals surface area contributed by atoms with Crippen LogP contribution >= 0.6 is 0 Å². The van der Waals surface area contributed by atoms with Crippen LogP contribution in [0.25, 0.3) is 5.70 Å². The summed E-state index contributed by atoms with van der Waals surface area (Å²) in [7, 11) is 1.51. The van der Waals surface area contributed by atoms with Crippen molar-refractivity contribution in [3.05, 3.63) is 60.2 Å². The fourth-order valence-electron chi connectivity index (χ4n) is 2.34. The summed E-state index contributed by atoms with van der Waals surface area (Å²) in [6.07, 6.45) is 0. The zero-order chi connectivity index (χ0) is 20.0. The number of phenols is 1. The number of hydrogen-bond acceptors (Lipinski definition) is 5. The van der Waals surface area contributed by atoms with Gasteiger partial charge in [0.1, 0.15) is 17.2 Å². The summed E-state index contributed by atoms with van der Waals surface area (Å²) in [6, 6.07) is 12.5. The number of phenolic OH excluding ortho intramolecular Hbond substituents is 1. The van der Waals surface area contributed by atoms with Crippen LogP contribution in [0.4, 0.5) is 0 Å². The minimum Gasteiger partial charge on any atom is -0.507 e. The molecule has 6 heteroatoms. The first-order chi connectivity index (χ1) is 12.7. The molecule has 2 aromatic rings. The van der Waals surface area contributed by atoms with Crippen molar-refractivity contribution in [1.29, 1.82) is 0 Å². The molecule has 0 unspecified atom stereocenters. The van der Waals surface area contributed by atoms with Crippen molar-refractivity contribution in [2.75, 3.05) is 13.7 Å². The van der Waals surface area contributed by atoms with Gasteiger partial charge in [0.05, 0.1) is 12.8 Å². The summed E-state index contributed by atoms with van der Waals surface area (Å²) >= 11 is 0. The number of amides is 1. The molecule has 6 nitrogen and oxygen atoms in total. The van der Waals surface area contributed by atoms with Crippen molar-refractivity contribution in [3.63, 3.8) is 0 Å². The fraction of sp³-hybridized carbons (Fsp3) is 0.286. The molecule has 0 aliphatic heterocycles. The van der Waals surface area contributed by atoms with E-state index in [1.807, 2.05) is 24.3 Å². The number of benzene rings is 2. The van der Waals surface area contributed by atoms with Gasteiger partial charge in [0.2, 0.25) is 0 Å². The van der Waals surface area contributed by atoms with Crippen LogP contribution in [0.3, 0.4) is 0 Å². The molecular formula is C21H26N2O4. The predicted molar refractivity (Wildman–Crippen MR) is 106 cm³/mol. The average molecular weight is 370 g/mol. The largest absolute Gasteiger partial charge is 0.507 e. The van der Waals surface area contributed by atoms with Gasteiger partial charge in [-0.05, 0) is 35.2 Å². The van der Waals surface area contributed by atoms with Gasteiger partial charge in [0, 0.05) is 11.6 Å². The molecule has 0 radical (unpaired) electrons. The predicted octanol–water partition coefficient (Wildman–Crippen LogP) is 3.37. The van der Waals surface area contributed by atoms with Gasteiger partial charge in [0.15, 0.2) is 6.61 Å². The van der Waals surface area contributed by atoms with Crippen molar-refractivity contribution in [1.82, 2.24) is 10.9 Å². The van der Waals surface area contributed by atoms with Crippen LogP contribution in [0.5, 0.6) is 17.2 Å². The van der Waals surface area contributed by atoms with Gasteiger partial charge >= 0.3 is 0 Å². The topological polar surface area (TPSA) is 79.8 Å². The normalized spacial score (nSPS) is 10.8. The third kappa shape index (κ3) is 5.67. The molecule has 2 aromatic carbocycles. The zero-order valence-corrected chi connectivity index (χ0v) is 16.1. The highest BCUT2D eigenvalue weighted by Crippen LogP contribution is 2.27. The van der Waals surface area contributed by atoms with Gasteiger partial charge in [-0.2, -0.15) is 0 Å². The number of rotatable bonds is 7. The van der Waals surface area contributed by atoms with Crippen molar-refractivity contribution in [2.45, 2.75) is 26.2 Å². The van der Waals surface area contributed by atoms with Crippen molar-refractivity contribution in [2.24, 2.45) is 0 Å². The molecule has 0 aromatic heterocycles. The van der Waals surface area contributed by atoms with Gasteiger partial charge in [-0.3, -0.25) is 15.6 Å². The molecule has 3 N–H and O–H groups in total. The first-order valence-electron chi connectivity index (χ1n) is 8.55. The lowest BCUT2D eigenvalue weighted by Crippen LogP contribution is -2.39. The molecule has 0 aliphatic carbocycles. The van der Waals surface area contributed by atoms with Gasteiger partial charge in [-0.15, -0.1) is 0 Å². The number of ether oxygens (including phenoxy) is 2. The number of hydrazine groups is 1. The lowest BCUT2D eigenvalue weighted by molar-refractivity contribution is -0.123. The molecule has 144 valence electrons. The molecule has 0 aliphatic rings. The third-order valence-corrected chi connectivity index (χ3v) is 3.97. The number of carbonyl (C=O) groups excluding carboxylic acids is 1. The van der Waals surface area contributed by atoms with Crippen LogP contribution in [0, 0.1) is 0 Å². The summed E-state index contributed by atoms with van der Waals surface area (Å²) in [5.41, 5.74) is 7.21. The van der Waals surface area contributed by atoms with Crippen LogP contribution in [-0.2, 0) is 10.2 Å². The lowest BCUT2D eigenvalue weighted by atomic mass is 9.87. The highest BCUT2D eigenvalue weighted by molar-refractivity contribution is 5.79. The monoisotopic (exact) mass is 370 g/mol. The molecule has 27 heavy (non-hydrogen) atoms. The lowest BCUT2D eigenvalue weighted by Gasteiger charge is -2.19. The average Bonchev–Trinajstić information content (AvgIpc) is 2.63. The Hall–Kier alpha value is -3.15. The summed E-state index contributed by atoms with van der Waals surface area (Å²) < 4.78 is 10.5. The molecule has 0 saturated carbocycles. The van der Waals surface area contributed by atoms with Gasteiger partial charge in [0.25, 0.3) is 5.91 Å². The van der Waals surface area contributed by atoms with E-state index in [9.17, 15) is 9.90 Å². The van der Waals surface area contributed by atoms with E-state index >= 15 is 0 Å². The van der Waals surface area contributed by atoms with Crippen LogP contribution < -0.4 is 20.3 Å². The van der Waals surface area contributed by atoms with E-state index in [1.165, 1.54) is 18.7 Å². The Morgan fingerprint density at radius 1 is 1.07 bits per heavy atom. The Kier molecular flexibility index (Phi) is 6.34. The molecule has 0 spiro atoms. The number of aromatic hydroxyl groups is 1. The van der Waals surface area contributed by atoms with Gasteiger partial charge < -0.3 is 14.6 Å². The second-order valence-electron chi connectivity index (χ2n) is 7.10. The minimum absolute atomic E-state index is 0.00344. The third-order valence-electron chi connectivity index (χ3n) is 3.97. The van der Waals surface area contributed by atoms with Crippen LogP contribution in [-0.4, -0.2) is 24.7 Å². The molecule has 0 fully saturated rings. The maximum absolute atomic E-state index is 11.9. The standard InChI is InChI=1S/C21H26N2O4/c1-14(18-11-10-17(26-5)12-19(18)24)22-23-20(25)13-27-16-8-6-15(7-9-16)21(2,3)4/h6-12,22,24H,1,13H2,2-5H3,(H,23,25). The number of carbonyl (C=O) groups is 1. The molecule has 0 saturated heterocycles. The number of nitrogens with one attached hydrogen (secondary N) is 2. The van der Waals surface area contributed by atoms with E-state index in [-0.39, 0.29) is 23.7 Å². The first-order valence-corrected chi connectivity index (χ1v) is 8.55. The van der Waals surface area contributed by atoms with E-state index in [0.717, 1.165) is 0 Å². The zero-order valence-electron chi connectivity index (χ0n) is 16.1. The van der Waals surface area contributed by atoms with Crippen LogP contribution in [0.1, 0.15) is 31.9 Å². The molecule has 0 bridgehead atoms. The maximum atomic E-state index is 11.9. The summed E-state index contributed by atoms with van der Waals surface area (Å²) in [5, 5.41) is 9.97. The van der Waals surface area contributed by atoms with E-state index in [4.69, 9.17) is 9.47 Å². The van der Waals surface area contributed by atoms with Crippen LogP contribution in [0.15, 0.2) is 49.0 Å². The SMILES string of the molecule is C=C(NNC(=O)COc1ccc(C(C)(C)C)cc1)c1ccc(OC)cc1O. The second kappa shape index (κ2) is 8.49. The van der Waals surface area contributed by atoms with Gasteiger partial charge in [-0.25, -0.2) is 0 Å². The van der Waals surface area contributed by atoms with Crippen LogP contribution in [0.2, 0.25) is 0 Å². The fourth-order valence-corrected chi connectivity index (χ4v) is 2.34. The Bertz CT molecular complexity index is 808. The summed E-state index contributed by atoms with van der Waals surface area (Å²) in [5.74, 6) is 0.768. The summed E-state index contributed by atoms with van der Waals surface area (Å²) in [6.45, 7) is 10.1. The summed E-state index contributed by atoms with van der Waals surface area (Å²) in [4.78, 5) is 11.9. The Morgan fingerprint density at radius 3 is 2.26 bits per heavy atom. The maximum Gasteiger partial charge on any atom is 0.276 e. The van der Waals surface area contributed by atoms with E-state index < -0.39 is 0 Å². The van der Waals surface area contributed by atoms with Crippen molar-refractivity contribution >= 4 is 11.6 Å². The Labute approximate surface area is 159 Å². The Balaban J connectivity index is 1.83.